The first kappa shape index (κ1) is 15.4. The minimum absolute atomic E-state index is 0.0607. The van der Waals surface area contributed by atoms with Gasteiger partial charge in [0.15, 0.2) is 9.84 Å². The number of aliphatic carboxylic acids is 1. The monoisotopic (exact) mass is 299 g/mol. The molecule has 18 heavy (non-hydrogen) atoms. The highest BCUT2D eigenvalue weighted by molar-refractivity contribution is 7.95. The van der Waals surface area contributed by atoms with Crippen LogP contribution in [0.1, 0.15) is 20.3 Å². The lowest BCUT2D eigenvalue weighted by molar-refractivity contribution is -0.146. The molecule has 0 aromatic carbocycles. The van der Waals surface area contributed by atoms with Crippen molar-refractivity contribution in [3.63, 3.8) is 0 Å². The van der Waals surface area contributed by atoms with Crippen molar-refractivity contribution in [1.82, 2.24) is 4.72 Å². The predicted octanol–water partition coefficient (Wildman–Crippen LogP) is -0.796. The number of carboxylic acids is 1. The van der Waals surface area contributed by atoms with Gasteiger partial charge < -0.3 is 5.11 Å². The molecule has 9 heteroatoms. The van der Waals surface area contributed by atoms with Crippen molar-refractivity contribution in [2.45, 2.75) is 25.5 Å². The Morgan fingerprint density at radius 3 is 2.39 bits per heavy atom. The van der Waals surface area contributed by atoms with Gasteiger partial charge in [-0.25, -0.2) is 21.6 Å². The summed E-state index contributed by atoms with van der Waals surface area (Å²) < 4.78 is 48.3. The van der Waals surface area contributed by atoms with Crippen molar-refractivity contribution in [3.05, 3.63) is 0 Å². The van der Waals surface area contributed by atoms with Crippen LogP contribution in [0, 0.1) is 5.41 Å². The molecule has 2 N–H and O–H groups in total. The van der Waals surface area contributed by atoms with E-state index >= 15 is 0 Å². The van der Waals surface area contributed by atoms with Crippen LogP contribution in [-0.4, -0.2) is 51.2 Å². The molecule has 0 spiro atoms. The second kappa shape index (κ2) is 4.78. The topological polar surface area (TPSA) is 118 Å². The van der Waals surface area contributed by atoms with Crippen LogP contribution in [0.25, 0.3) is 0 Å². The highest BCUT2D eigenvalue weighted by Crippen LogP contribution is 2.20. The summed E-state index contributed by atoms with van der Waals surface area (Å²) in [6.07, 6.45) is 0.0607. The number of sulfone groups is 1. The third-order valence-corrected chi connectivity index (χ3v) is 6.73. The molecule has 7 nitrogen and oxygen atoms in total. The summed E-state index contributed by atoms with van der Waals surface area (Å²) in [4.78, 5) is 10.8. The molecule has 1 heterocycles. The minimum atomic E-state index is -3.79. The highest BCUT2D eigenvalue weighted by atomic mass is 32.2. The van der Waals surface area contributed by atoms with E-state index in [4.69, 9.17) is 5.11 Å². The number of hydrogen-bond donors (Lipinski definition) is 2. The normalized spacial score (nSPS) is 24.0. The molecule has 106 valence electrons. The average molecular weight is 299 g/mol. The van der Waals surface area contributed by atoms with Crippen LogP contribution in [0.4, 0.5) is 0 Å². The zero-order valence-corrected chi connectivity index (χ0v) is 11.8. The van der Waals surface area contributed by atoms with Crippen LogP contribution in [-0.2, 0) is 24.7 Å². The van der Waals surface area contributed by atoms with Gasteiger partial charge in [0, 0.05) is 6.54 Å². The standard InChI is InChI=1S/C9H17NO6S2/c1-9(2,8(11)12)6-10-18(15,16)7-3-4-17(13,14)5-7/h7,10H,3-6H2,1-2H3,(H,11,12). The highest BCUT2D eigenvalue weighted by Gasteiger charge is 2.38. The molecule has 1 saturated heterocycles. The molecule has 1 unspecified atom stereocenters. The summed E-state index contributed by atoms with van der Waals surface area (Å²) in [5.74, 6) is -1.65. The van der Waals surface area contributed by atoms with Crippen LogP contribution in [0.3, 0.4) is 0 Å². The number of carbonyl (C=O) groups is 1. The van der Waals surface area contributed by atoms with Gasteiger partial charge in [-0.1, -0.05) is 0 Å². The van der Waals surface area contributed by atoms with E-state index in [9.17, 15) is 21.6 Å². The van der Waals surface area contributed by atoms with Gasteiger partial charge >= 0.3 is 5.97 Å². The van der Waals surface area contributed by atoms with E-state index in [0.717, 1.165) is 0 Å². The molecule has 0 bridgehead atoms. The van der Waals surface area contributed by atoms with Crippen LogP contribution in [0.15, 0.2) is 0 Å². The second-order valence-electron chi connectivity index (χ2n) is 5.08. The van der Waals surface area contributed by atoms with E-state index in [2.05, 4.69) is 4.72 Å². The number of sulfonamides is 1. The molecule has 0 amide bonds. The van der Waals surface area contributed by atoms with E-state index in [1.54, 1.807) is 0 Å². The van der Waals surface area contributed by atoms with E-state index in [1.807, 2.05) is 0 Å². The SMILES string of the molecule is CC(C)(CNS(=O)(=O)C1CCS(=O)(=O)C1)C(=O)O. The average Bonchev–Trinajstić information content (AvgIpc) is 2.57. The molecular formula is C9H17NO6S2. The molecule has 1 fully saturated rings. The van der Waals surface area contributed by atoms with E-state index in [1.165, 1.54) is 13.8 Å². The van der Waals surface area contributed by atoms with Crippen LogP contribution in [0.5, 0.6) is 0 Å². The minimum Gasteiger partial charge on any atom is -0.481 e. The Morgan fingerprint density at radius 1 is 1.44 bits per heavy atom. The zero-order chi connectivity index (χ0) is 14.2. The summed E-state index contributed by atoms with van der Waals surface area (Å²) in [7, 11) is -7.07. The van der Waals surface area contributed by atoms with E-state index < -0.39 is 42.2 Å². The molecule has 1 aliphatic heterocycles. The maximum atomic E-state index is 11.8. The Kier molecular flexibility index (Phi) is 4.09. The molecule has 0 saturated carbocycles. The Morgan fingerprint density at radius 2 is 2.00 bits per heavy atom. The molecule has 0 aromatic heterocycles. The molecule has 0 aliphatic carbocycles. The molecule has 1 rings (SSSR count). The van der Waals surface area contributed by atoms with Gasteiger partial charge in [0.25, 0.3) is 0 Å². The first-order valence-electron chi connectivity index (χ1n) is 5.39. The lowest BCUT2D eigenvalue weighted by Crippen LogP contribution is -2.43. The summed E-state index contributed by atoms with van der Waals surface area (Å²) in [6, 6.07) is 0. The Hall–Kier alpha value is -0.670. The summed E-state index contributed by atoms with van der Waals surface area (Å²) in [5.41, 5.74) is -1.23. The fraction of sp³-hybridized carbons (Fsp3) is 0.889. The van der Waals surface area contributed by atoms with Gasteiger partial charge in [-0.3, -0.25) is 4.79 Å². The van der Waals surface area contributed by atoms with E-state index in [-0.39, 0.29) is 18.7 Å². The molecule has 0 radical (unpaired) electrons. The Bertz CT molecular complexity index is 533. The summed E-state index contributed by atoms with van der Waals surface area (Å²) in [6.45, 7) is 2.52. The maximum Gasteiger partial charge on any atom is 0.310 e. The molecule has 0 aromatic rings. The van der Waals surface area contributed by atoms with Crippen molar-refractivity contribution in [1.29, 1.82) is 0 Å². The number of carboxylic acid groups (broad SMARTS) is 1. The number of hydrogen-bond acceptors (Lipinski definition) is 5. The van der Waals surface area contributed by atoms with Crippen molar-refractivity contribution < 1.29 is 26.7 Å². The Labute approximate surface area is 107 Å². The quantitative estimate of drug-likeness (QED) is 0.686. The van der Waals surface area contributed by atoms with Gasteiger partial charge in [0.1, 0.15) is 0 Å². The third-order valence-electron chi connectivity index (χ3n) is 2.92. The van der Waals surface area contributed by atoms with Crippen molar-refractivity contribution in [3.8, 4) is 0 Å². The third kappa shape index (κ3) is 3.66. The maximum absolute atomic E-state index is 11.8. The van der Waals surface area contributed by atoms with E-state index in [0.29, 0.717) is 0 Å². The molecular weight excluding hydrogens is 282 g/mol. The van der Waals surface area contributed by atoms with Crippen LogP contribution < -0.4 is 4.72 Å². The van der Waals surface area contributed by atoms with Gasteiger partial charge in [-0.2, -0.15) is 0 Å². The van der Waals surface area contributed by atoms with Gasteiger partial charge in [0.2, 0.25) is 10.0 Å². The van der Waals surface area contributed by atoms with Gasteiger partial charge in [-0.05, 0) is 20.3 Å². The Balaban J connectivity index is 2.70. The summed E-state index contributed by atoms with van der Waals surface area (Å²) >= 11 is 0. The molecule has 1 atom stereocenters. The molecule has 1 aliphatic rings. The van der Waals surface area contributed by atoms with Crippen LogP contribution in [0.2, 0.25) is 0 Å². The smallest absolute Gasteiger partial charge is 0.310 e. The number of rotatable bonds is 5. The fourth-order valence-corrected chi connectivity index (χ4v) is 5.74. The van der Waals surface area contributed by atoms with Crippen LogP contribution >= 0.6 is 0 Å². The number of nitrogens with one attached hydrogen (secondary N) is 1. The van der Waals surface area contributed by atoms with Gasteiger partial charge in [0.05, 0.1) is 22.2 Å². The second-order valence-corrected chi connectivity index (χ2v) is 9.35. The largest absolute Gasteiger partial charge is 0.481 e. The zero-order valence-electron chi connectivity index (χ0n) is 10.2. The lowest BCUT2D eigenvalue weighted by atomic mass is 9.95. The first-order valence-corrected chi connectivity index (χ1v) is 8.75. The first-order chi connectivity index (χ1) is 7.96. The fourth-order valence-electron chi connectivity index (χ4n) is 1.48. The van der Waals surface area contributed by atoms with Crippen molar-refractivity contribution in [2.75, 3.05) is 18.1 Å². The van der Waals surface area contributed by atoms with Crippen molar-refractivity contribution in [2.24, 2.45) is 5.41 Å². The van der Waals surface area contributed by atoms with Crippen molar-refractivity contribution >= 4 is 25.8 Å². The lowest BCUT2D eigenvalue weighted by Gasteiger charge is -2.20. The summed E-state index contributed by atoms with van der Waals surface area (Å²) in [5, 5.41) is 7.88. The van der Waals surface area contributed by atoms with Gasteiger partial charge in [-0.15, -0.1) is 0 Å². The predicted molar refractivity (Wildman–Crippen MR) is 65.4 cm³/mol.